The van der Waals surface area contributed by atoms with Crippen molar-refractivity contribution < 1.29 is 9.90 Å². The molecule has 2 atom stereocenters. The third-order valence-corrected chi connectivity index (χ3v) is 5.18. The molecule has 3 heterocycles. The Kier molecular flexibility index (Phi) is 5.00. The van der Waals surface area contributed by atoms with Crippen LogP contribution in [0.2, 0.25) is 0 Å². The van der Waals surface area contributed by atoms with Crippen LogP contribution in [-0.4, -0.2) is 49.8 Å². The molecule has 0 amide bonds. The molecule has 9 heteroatoms. The number of rotatable bonds is 7. The van der Waals surface area contributed by atoms with Crippen molar-refractivity contribution >= 4 is 22.9 Å². The molecule has 128 valence electrons. The number of nitrogens with zero attached hydrogens (tertiary/aromatic N) is 4. The van der Waals surface area contributed by atoms with Crippen molar-refractivity contribution in [3.05, 3.63) is 28.0 Å². The van der Waals surface area contributed by atoms with Crippen LogP contribution in [0.3, 0.4) is 0 Å². The van der Waals surface area contributed by atoms with E-state index in [9.17, 15) is 9.90 Å². The van der Waals surface area contributed by atoms with Gasteiger partial charge in [0.25, 0.3) is 0 Å². The van der Waals surface area contributed by atoms with Gasteiger partial charge in [-0.25, -0.2) is 10.1 Å². The predicted molar refractivity (Wildman–Crippen MR) is 89.5 cm³/mol. The Bertz CT molecular complexity index is 724. The maximum Gasteiger partial charge on any atom is 0.307 e. The summed E-state index contributed by atoms with van der Waals surface area (Å²) in [5.41, 5.74) is 2.07. The van der Waals surface area contributed by atoms with Crippen molar-refractivity contribution in [2.75, 3.05) is 13.1 Å². The Morgan fingerprint density at radius 2 is 2.29 bits per heavy atom. The minimum absolute atomic E-state index is 0.0440. The second kappa shape index (κ2) is 7.18. The standard InChI is InChI=1S/C15H20N6O2S/c1-8(2)12(15(22)23)11(13-18-20-21-19-13)5-10-7-24-14(17-10)9-3-4-16-6-9/h3,7-8,11-12,16H,4-6H2,1-2H3,(H,22,23)(H,18,19,20,21)/t11-,12-/m0/s1. The summed E-state index contributed by atoms with van der Waals surface area (Å²) in [5, 5.41) is 29.8. The van der Waals surface area contributed by atoms with Crippen LogP contribution in [0, 0.1) is 11.8 Å². The number of hydrogen-bond acceptors (Lipinski definition) is 7. The van der Waals surface area contributed by atoms with E-state index < -0.39 is 11.9 Å². The van der Waals surface area contributed by atoms with Crippen LogP contribution in [0.25, 0.3) is 5.57 Å². The zero-order valence-electron chi connectivity index (χ0n) is 13.6. The maximum absolute atomic E-state index is 11.8. The Balaban J connectivity index is 1.85. The third-order valence-electron chi connectivity index (χ3n) is 4.21. The first-order valence-electron chi connectivity index (χ1n) is 7.87. The normalized spacial score (nSPS) is 17.0. The third kappa shape index (κ3) is 3.51. The average molecular weight is 348 g/mol. The minimum atomic E-state index is -0.843. The number of tetrazole rings is 1. The highest BCUT2D eigenvalue weighted by Gasteiger charge is 2.35. The lowest BCUT2D eigenvalue weighted by Gasteiger charge is -2.24. The first-order valence-corrected chi connectivity index (χ1v) is 8.75. The molecular weight excluding hydrogens is 328 g/mol. The van der Waals surface area contributed by atoms with Crippen LogP contribution < -0.4 is 5.32 Å². The monoisotopic (exact) mass is 348 g/mol. The van der Waals surface area contributed by atoms with Crippen molar-refractivity contribution in [2.24, 2.45) is 11.8 Å². The molecule has 0 aromatic carbocycles. The van der Waals surface area contributed by atoms with Gasteiger partial charge in [-0.15, -0.1) is 16.4 Å². The van der Waals surface area contributed by atoms with Gasteiger partial charge in [-0.3, -0.25) is 4.79 Å². The Labute approximate surface area is 143 Å². The molecule has 0 unspecified atom stereocenters. The average Bonchev–Trinajstić information content (AvgIpc) is 3.27. The molecule has 2 aromatic heterocycles. The molecule has 0 fully saturated rings. The fourth-order valence-corrected chi connectivity index (χ4v) is 3.92. The van der Waals surface area contributed by atoms with Gasteiger partial charge in [0.2, 0.25) is 0 Å². The number of thiazole rings is 1. The number of hydrogen-bond donors (Lipinski definition) is 3. The van der Waals surface area contributed by atoms with E-state index in [1.807, 2.05) is 19.2 Å². The van der Waals surface area contributed by atoms with Crippen LogP contribution in [0.4, 0.5) is 0 Å². The number of aromatic nitrogens is 5. The number of aliphatic carboxylic acids is 1. The largest absolute Gasteiger partial charge is 0.481 e. The number of carboxylic acids is 1. The Morgan fingerprint density at radius 3 is 2.88 bits per heavy atom. The van der Waals surface area contributed by atoms with E-state index in [2.05, 4.69) is 37.0 Å². The fraction of sp³-hybridized carbons (Fsp3) is 0.533. The first-order chi connectivity index (χ1) is 11.6. The highest BCUT2D eigenvalue weighted by molar-refractivity contribution is 7.10. The van der Waals surface area contributed by atoms with E-state index >= 15 is 0 Å². The summed E-state index contributed by atoms with van der Waals surface area (Å²) < 4.78 is 0. The van der Waals surface area contributed by atoms with Gasteiger partial charge < -0.3 is 10.4 Å². The fourth-order valence-electron chi connectivity index (χ4n) is 3.05. The number of carbonyl (C=O) groups is 1. The first kappa shape index (κ1) is 16.7. The van der Waals surface area contributed by atoms with Gasteiger partial charge in [0.15, 0.2) is 5.82 Å². The highest BCUT2D eigenvalue weighted by atomic mass is 32.1. The quantitative estimate of drug-likeness (QED) is 0.691. The topological polar surface area (TPSA) is 117 Å². The lowest BCUT2D eigenvalue weighted by Crippen LogP contribution is -2.29. The maximum atomic E-state index is 11.8. The molecule has 0 radical (unpaired) electrons. The molecule has 0 bridgehead atoms. The summed E-state index contributed by atoms with van der Waals surface area (Å²) in [7, 11) is 0. The zero-order valence-corrected chi connectivity index (χ0v) is 14.4. The predicted octanol–water partition coefficient (Wildman–Crippen LogP) is 1.33. The molecule has 1 aliphatic rings. The van der Waals surface area contributed by atoms with Gasteiger partial charge in [0.1, 0.15) is 5.01 Å². The van der Waals surface area contributed by atoms with Crippen molar-refractivity contribution in [1.82, 2.24) is 30.9 Å². The summed E-state index contributed by atoms with van der Waals surface area (Å²) >= 11 is 1.59. The molecule has 0 saturated heterocycles. The second-order valence-corrected chi connectivity index (χ2v) is 7.07. The van der Waals surface area contributed by atoms with E-state index in [1.165, 1.54) is 5.57 Å². The van der Waals surface area contributed by atoms with Gasteiger partial charge in [-0.05, 0) is 21.9 Å². The van der Waals surface area contributed by atoms with Crippen LogP contribution in [0.1, 0.15) is 36.3 Å². The van der Waals surface area contributed by atoms with Crippen molar-refractivity contribution in [3.63, 3.8) is 0 Å². The molecule has 0 spiro atoms. The molecule has 24 heavy (non-hydrogen) atoms. The lowest BCUT2D eigenvalue weighted by atomic mass is 9.80. The van der Waals surface area contributed by atoms with Crippen molar-refractivity contribution in [1.29, 1.82) is 0 Å². The second-order valence-electron chi connectivity index (χ2n) is 6.21. The Morgan fingerprint density at radius 1 is 1.46 bits per heavy atom. The number of carboxylic acid groups (broad SMARTS) is 1. The van der Waals surface area contributed by atoms with Gasteiger partial charge in [0, 0.05) is 30.8 Å². The zero-order chi connectivity index (χ0) is 17.1. The smallest absolute Gasteiger partial charge is 0.307 e. The lowest BCUT2D eigenvalue weighted by molar-refractivity contribution is -0.144. The molecular formula is C15H20N6O2S. The molecule has 3 rings (SSSR count). The summed E-state index contributed by atoms with van der Waals surface area (Å²) in [6.07, 6.45) is 2.62. The molecule has 8 nitrogen and oxygen atoms in total. The van der Waals surface area contributed by atoms with Crippen molar-refractivity contribution in [2.45, 2.75) is 26.2 Å². The molecule has 0 saturated carbocycles. The van der Waals surface area contributed by atoms with Gasteiger partial charge in [0.05, 0.1) is 11.6 Å². The van der Waals surface area contributed by atoms with Crippen molar-refractivity contribution in [3.8, 4) is 0 Å². The summed E-state index contributed by atoms with van der Waals surface area (Å²) in [6, 6.07) is 0. The molecule has 2 aromatic rings. The summed E-state index contributed by atoms with van der Waals surface area (Å²) in [4.78, 5) is 16.4. The number of aromatic amines is 1. The molecule has 0 aliphatic carbocycles. The van der Waals surface area contributed by atoms with E-state index in [0.29, 0.717) is 12.2 Å². The van der Waals surface area contributed by atoms with Crippen LogP contribution in [0.15, 0.2) is 11.5 Å². The van der Waals surface area contributed by atoms with Crippen LogP contribution in [0.5, 0.6) is 0 Å². The van der Waals surface area contributed by atoms with E-state index in [0.717, 1.165) is 23.8 Å². The highest BCUT2D eigenvalue weighted by Crippen LogP contribution is 2.32. The summed E-state index contributed by atoms with van der Waals surface area (Å²) in [6.45, 7) is 5.49. The number of H-pyrrole nitrogens is 1. The SMILES string of the molecule is CC(C)[C@H](C(=O)O)[C@H](Cc1csc(C2=CCNC2)n1)c1nnn[nH]1. The Hall–Kier alpha value is -2.13. The van der Waals surface area contributed by atoms with Gasteiger partial charge in [-0.2, -0.15) is 0 Å². The number of nitrogens with one attached hydrogen (secondary N) is 2. The van der Waals surface area contributed by atoms with Gasteiger partial charge >= 0.3 is 5.97 Å². The van der Waals surface area contributed by atoms with Crippen LogP contribution in [-0.2, 0) is 11.2 Å². The van der Waals surface area contributed by atoms with Gasteiger partial charge in [-0.1, -0.05) is 19.9 Å². The van der Waals surface area contributed by atoms with E-state index in [-0.39, 0.29) is 11.8 Å². The summed E-state index contributed by atoms with van der Waals surface area (Å²) in [5.74, 6) is -1.32. The minimum Gasteiger partial charge on any atom is -0.481 e. The van der Waals surface area contributed by atoms with Crippen LogP contribution >= 0.6 is 11.3 Å². The molecule has 1 aliphatic heterocycles. The molecule has 3 N–H and O–H groups in total. The van der Waals surface area contributed by atoms with E-state index in [1.54, 1.807) is 11.3 Å². The van der Waals surface area contributed by atoms with E-state index in [4.69, 9.17) is 0 Å².